The third-order valence-electron chi connectivity index (χ3n) is 4.94. The lowest BCUT2D eigenvalue weighted by atomic mass is 10.0. The summed E-state index contributed by atoms with van der Waals surface area (Å²) in [7, 11) is -3.75. The largest absolute Gasteiger partial charge is 0.482 e. The monoisotopic (exact) mass is 436 g/mol. The molecular formula is C21H25ClN2O4S. The zero-order valence-electron chi connectivity index (χ0n) is 16.5. The molecule has 1 N–H and O–H groups in total. The van der Waals surface area contributed by atoms with E-state index in [-0.39, 0.29) is 34.2 Å². The second-order valence-corrected chi connectivity index (χ2v) is 9.34. The molecule has 8 heteroatoms. The first-order valence-electron chi connectivity index (χ1n) is 9.65. The molecule has 0 saturated carbocycles. The maximum atomic E-state index is 13.2. The summed E-state index contributed by atoms with van der Waals surface area (Å²) >= 11 is 6.25. The van der Waals surface area contributed by atoms with Crippen LogP contribution in [-0.4, -0.2) is 33.5 Å². The molecular weight excluding hydrogens is 412 g/mol. The molecule has 1 heterocycles. The van der Waals surface area contributed by atoms with Gasteiger partial charge in [-0.05, 0) is 56.0 Å². The van der Waals surface area contributed by atoms with Crippen LogP contribution in [0.2, 0.25) is 5.02 Å². The molecule has 2 aromatic rings. The first-order chi connectivity index (χ1) is 13.8. The van der Waals surface area contributed by atoms with Crippen molar-refractivity contribution in [1.82, 2.24) is 5.32 Å². The number of anilines is 1. The average molecular weight is 437 g/mol. The average Bonchev–Trinajstić information content (AvgIpc) is 2.72. The van der Waals surface area contributed by atoms with Crippen LogP contribution in [0.25, 0.3) is 0 Å². The highest BCUT2D eigenvalue weighted by Crippen LogP contribution is 2.34. The molecule has 29 heavy (non-hydrogen) atoms. The second kappa shape index (κ2) is 9.05. The number of sulfonamides is 1. The number of carbonyl (C=O) groups excluding carboxylic acids is 1. The molecule has 0 radical (unpaired) electrons. The Hall–Kier alpha value is -2.25. The second-order valence-electron chi connectivity index (χ2n) is 7.07. The number of nitrogens with one attached hydrogen (secondary N) is 1. The molecule has 0 aromatic heterocycles. The number of carbonyl (C=O) groups is 1. The van der Waals surface area contributed by atoms with E-state index in [9.17, 15) is 13.2 Å². The lowest BCUT2D eigenvalue weighted by Gasteiger charge is -2.30. The molecule has 0 unspecified atom stereocenters. The summed E-state index contributed by atoms with van der Waals surface area (Å²) in [5.41, 5.74) is 1.72. The molecule has 1 amide bonds. The predicted octanol–water partition coefficient (Wildman–Crippen LogP) is 3.78. The first-order valence-corrected chi connectivity index (χ1v) is 11.5. The van der Waals surface area contributed by atoms with Crippen LogP contribution in [-0.2, 0) is 21.2 Å². The van der Waals surface area contributed by atoms with Crippen LogP contribution in [0.5, 0.6) is 5.75 Å². The molecule has 0 fully saturated rings. The number of benzene rings is 2. The number of aryl methyl sites for hydroxylation is 1. The number of hydrogen-bond donors (Lipinski definition) is 1. The third-order valence-corrected chi connectivity index (χ3v) is 7.04. The van der Waals surface area contributed by atoms with Crippen LogP contribution in [0.4, 0.5) is 5.69 Å². The lowest BCUT2D eigenvalue weighted by molar-refractivity contribution is -0.123. The van der Waals surface area contributed by atoms with Gasteiger partial charge in [-0.15, -0.1) is 0 Å². The van der Waals surface area contributed by atoms with E-state index in [1.807, 2.05) is 38.1 Å². The van der Waals surface area contributed by atoms with Gasteiger partial charge in [-0.3, -0.25) is 9.10 Å². The van der Waals surface area contributed by atoms with E-state index in [0.717, 1.165) is 24.8 Å². The van der Waals surface area contributed by atoms with E-state index in [0.29, 0.717) is 12.2 Å². The van der Waals surface area contributed by atoms with Crippen LogP contribution < -0.4 is 14.4 Å². The van der Waals surface area contributed by atoms with Gasteiger partial charge in [0.15, 0.2) is 6.61 Å². The number of para-hydroxylation sites is 1. The molecule has 0 bridgehead atoms. The minimum atomic E-state index is -3.75. The number of halogens is 1. The SMILES string of the molecule is CC[C@H](C)NC(=O)COc1ccc(S(=O)(=O)N2CCCc3ccccc32)cc1Cl. The quantitative estimate of drug-likeness (QED) is 0.716. The van der Waals surface area contributed by atoms with Crippen molar-refractivity contribution in [2.45, 2.75) is 44.0 Å². The first kappa shape index (κ1) is 21.5. The number of hydrogen-bond acceptors (Lipinski definition) is 4. The molecule has 0 aliphatic carbocycles. The van der Waals surface area contributed by atoms with Crippen LogP contribution >= 0.6 is 11.6 Å². The standard InChI is InChI=1S/C21H25ClN2O4S/c1-3-15(2)23-21(25)14-28-20-11-10-17(13-18(20)22)29(26,27)24-12-6-8-16-7-4-5-9-19(16)24/h4-5,7,9-11,13,15H,3,6,8,12,14H2,1-2H3,(H,23,25)/t15-/m0/s1. The van der Waals surface area contributed by atoms with E-state index in [1.165, 1.54) is 22.5 Å². The van der Waals surface area contributed by atoms with Gasteiger partial charge >= 0.3 is 0 Å². The molecule has 1 aliphatic rings. The van der Waals surface area contributed by atoms with Crippen LogP contribution in [0.3, 0.4) is 0 Å². The van der Waals surface area contributed by atoms with Crippen molar-refractivity contribution >= 4 is 33.2 Å². The fourth-order valence-corrected chi connectivity index (χ4v) is 5.06. The summed E-state index contributed by atoms with van der Waals surface area (Å²) in [6, 6.07) is 11.9. The zero-order valence-corrected chi connectivity index (χ0v) is 18.1. The number of rotatable bonds is 7. The van der Waals surface area contributed by atoms with Crippen LogP contribution in [0, 0.1) is 0 Å². The molecule has 0 saturated heterocycles. The highest BCUT2D eigenvalue weighted by Gasteiger charge is 2.29. The van der Waals surface area contributed by atoms with E-state index >= 15 is 0 Å². The predicted molar refractivity (Wildman–Crippen MR) is 114 cm³/mol. The Morgan fingerprint density at radius 1 is 1.28 bits per heavy atom. The molecule has 1 aliphatic heterocycles. The van der Waals surface area contributed by atoms with Gasteiger partial charge in [-0.1, -0.05) is 36.7 Å². The zero-order chi connectivity index (χ0) is 21.0. The Labute approximate surface area is 176 Å². The van der Waals surface area contributed by atoms with E-state index < -0.39 is 10.0 Å². The van der Waals surface area contributed by atoms with Crippen molar-refractivity contribution in [2.75, 3.05) is 17.5 Å². The van der Waals surface area contributed by atoms with Gasteiger partial charge in [0, 0.05) is 12.6 Å². The Morgan fingerprint density at radius 2 is 2.03 bits per heavy atom. The van der Waals surface area contributed by atoms with Gasteiger partial charge in [0.2, 0.25) is 0 Å². The number of ether oxygens (including phenoxy) is 1. The topological polar surface area (TPSA) is 75.7 Å². The Balaban J connectivity index is 1.77. The Morgan fingerprint density at radius 3 is 2.76 bits per heavy atom. The molecule has 3 rings (SSSR count). The van der Waals surface area contributed by atoms with E-state index in [2.05, 4.69) is 5.32 Å². The maximum absolute atomic E-state index is 13.2. The van der Waals surface area contributed by atoms with Crippen molar-refractivity contribution in [3.05, 3.63) is 53.1 Å². The van der Waals surface area contributed by atoms with Gasteiger partial charge in [0.1, 0.15) is 5.75 Å². The normalized spacial score (nSPS) is 14.8. The van der Waals surface area contributed by atoms with Gasteiger partial charge in [0.25, 0.3) is 15.9 Å². The fraction of sp³-hybridized carbons (Fsp3) is 0.381. The van der Waals surface area contributed by atoms with Gasteiger partial charge in [0.05, 0.1) is 15.6 Å². The van der Waals surface area contributed by atoms with Crippen molar-refractivity contribution in [3.63, 3.8) is 0 Å². The summed E-state index contributed by atoms with van der Waals surface area (Å²) in [6.45, 7) is 4.12. The summed E-state index contributed by atoms with van der Waals surface area (Å²) in [5.74, 6) is 0.0148. The van der Waals surface area contributed by atoms with Gasteiger partial charge < -0.3 is 10.1 Å². The summed E-state index contributed by atoms with van der Waals surface area (Å²) in [5, 5.41) is 2.94. The van der Waals surface area contributed by atoms with Gasteiger partial charge in [-0.2, -0.15) is 0 Å². The highest BCUT2D eigenvalue weighted by atomic mass is 35.5. The van der Waals surface area contributed by atoms with Crippen LogP contribution in [0.15, 0.2) is 47.4 Å². The molecule has 156 valence electrons. The van der Waals surface area contributed by atoms with Crippen molar-refractivity contribution in [2.24, 2.45) is 0 Å². The highest BCUT2D eigenvalue weighted by molar-refractivity contribution is 7.92. The number of fused-ring (bicyclic) bond motifs is 1. The lowest BCUT2D eigenvalue weighted by Crippen LogP contribution is -2.35. The van der Waals surface area contributed by atoms with Crippen LogP contribution in [0.1, 0.15) is 32.3 Å². The van der Waals surface area contributed by atoms with Crippen molar-refractivity contribution < 1.29 is 17.9 Å². The van der Waals surface area contributed by atoms with E-state index in [1.54, 1.807) is 0 Å². The molecule has 0 spiro atoms. The number of nitrogens with zero attached hydrogens (tertiary/aromatic N) is 1. The van der Waals surface area contributed by atoms with E-state index in [4.69, 9.17) is 16.3 Å². The summed E-state index contributed by atoms with van der Waals surface area (Å²) in [6.07, 6.45) is 2.43. The van der Waals surface area contributed by atoms with Gasteiger partial charge in [-0.25, -0.2) is 8.42 Å². The van der Waals surface area contributed by atoms with Crippen molar-refractivity contribution in [1.29, 1.82) is 0 Å². The summed E-state index contributed by atoms with van der Waals surface area (Å²) in [4.78, 5) is 12.0. The fourth-order valence-electron chi connectivity index (χ4n) is 3.20. The molecule has 6 nitrogen and oxygen atoms in total. The molecule has 1 atom stereocenters. The third kappa shape index (κ3) is 4.85. The minimum absolute atomic E-state index is 0.0570. The minimum Gasteiger partial charge on any atom is -0.482 e. The maximum Gasteiger partial charge on any atom is 0.264 e. The summed E-state index contributed by atoms with van der Waals surface area (Å²) < 4.78 is 33.3. The Kier molecular flexibility index (Phi) is 6.70. The smallest absolute Gasteiger partial charge is 0.264 e. The molecule has 2 aromatic carbocycles. The number of amides is 1. The Bertz CT molecular complexity index is 994. The van der Waals surface area contributed by atoms with Crippen molar-refractivity contribution in [3.8, 4) is 5.75 Å².